The zero-order chi connectivity index (χ0) is 9.14. The third-order valence-electron chi connectivity index (χ3n) is 2.56. The highest BCUT2D eigenvalue weighted by molar-refractivity contribution is 4.80. The molecule has 3 atom stereocenters. The van der Waals surface area contributed by atoms with Crippen LogP contribution in [-0.4, -0.2) is 23.4 Å². The van der Waals surface area contributed by atoms with E-state index >= 15 is 0 Å². The molecule has 0 aromatic heterocycles. The number of hydrogen-bond acceptors (Lipinski definition) is 2. The SMILES string of the molecule is CC(C)O[C@@H]1CCC[C@@H](C)[C@@H]1O. The lowest BCUT2D eigenvalue weighted by Gasteiger charge is -2.33. The second kappa shape index (κ2) is 4.24. The van der Waals surface area contributed by atoms with Crippen molar-refractivity contribution in [2.45, 2.75) is 58.3 Å². The lowest BCUT2D eigenvalue weighted by atomic mass is 9.86. The van der Waals surface area contributed by atoms with Crippen molar-refractivity contribution in [3.63, 3.8) is 0 Å². The summed E-state index contributed by atoms with van der Waals surface area (Å²) in [6.45, 7) is 6.14. The molecule has 1 fully saturated rings. The van der Waals surface area contributed by atoms with Crippen LogP contribution in [0.2, 0.25) is 0 Å². The van der Waals surface area contributed by atoms with E-state index in [0.717, 1.165) is 12.8 Å². The minimum Gasteiger partial charge on any atom is -0.390 e. The average molecular weight is 172 g/mol. The lowest BCUT2D eigenvalue weighted by Crippen LogP contribution is -2.39. The van der Waals surface area contributed by atoms with Gasteiger partial charge in [-0.2, -0.15) is 0 Å². The van der Waals surface area contributed by atoms with Gasteiger partial charge < -0.3 is 9.84 Å². The Balaban J connectivity index is 2.41. The van der Waals surface area contributed by atoms with Crippen LogP contribution in [0.3, 0.4) is 0 Å². The van der Waals surface area contributed by atoms with Gasteiger partial charge >= 0.3 is 0 Å². The first-order valence-electron chi connectivity index (χ1n) is 4.94. The molecule has 2 heteroatoms. The van der Waals surface area contributed by atoms with Gasteiger partial charge in [-0.05, 0) is 32.6 Å². The fourth-order valence-electron chi connectivity index (χ4n) is 1.85. The van der Waals surface area contributed by atoms with Crippen LogP contribution in [-0.2, 0) is 4.74 Å². The van der Waals surface area contributed by atoms with Crippen LogP contribution in [0.15, 0.2) is 0 Å². The smallest absolute Gasteiger partial charge is 0.0840 e. The van der Waals surface area contributed by atoms with E-state index in [1.165, 1.54) is 6.42 Å². The quantitative estimate of drug-likeness (QED) is 0.690. The van der Waals surface area contributed by atoms with Crippen LogP contribution < -0.4 is 0 Å². The first kappa shape index (κ1) is 10.0. The summed E-state index contributed by atoms with van der Waals surface area (Å²) in [6, 6.07) is 0. The van der Waals surface area contributed by atoms with Gasteiger partial charge in [-0.1, -0.05) is 13.3 Å². The summed E-state index contributed by atoms with van der Waals surface area (Å²) in [6.07, 6.45) is 3.41. The second-order valence-corrected chi connectivity index (χ2v) is 4.12. The average Bonchev–Trinajstić information content (AvgIpc) is 1.98. The molecule has 0 heterocycles. The summed E-state index contributed by atoms with van der Waals surface area (Å²) < 4.78 is 5.62. The molecule has 0 aliphatic heterocycles. The molecular weight excluding hydrogens is 152 g/mol. The van der Waals surface area contributed by atoms with Gasteiger partial charge in [-0.3, -0.25) is 0 Å². The molecule has 0 unspecified atom stereocenters. The van der Waals surface area contributed by atoms with E-state index in [0.29, 0.717) is 5.92 Å². The summed E-state index contributed by atoms with van der Waals surface area (Å²) in [7, 11) is 0. The summed E-state index contributed by atoms with van der Waals surface area (Å²) in [4.78, 5) is 0. The van der Waals surface area contributed by atoms with E-state index in [1.54, 1.807) is 0 Å². The minimum atomic E-state index is -0.249. The number of aliphatic hydroxyl groups excluding tert-OH is 1. The lowest BCUT2D eigenvalue weighted by molar-refractivity contribution is -0.102. The van der Waals surface area contributed by atoms with E-state index in [2.05, 4.69) is 6.92 Å². The van der Waals surface area contributed by atoms with Crippen molar-refractivity contribution in [2.75, 3.05) is 0 Å². The normalized spacial score (nSPS) is 37.2. The number of ether oxygens (including phenoxy) is 1. The second-order valence-electron chi connectivity index (χ2n) is 4.12. The summed E-state index contributed by atoms with van der Waals surface area (Å²) in [5.41, 5.74) is 0. The Morgan fingerprint density at radius 2 is 2.00 bits per heavy atom. The largest absolute Gasteiger partial charge is 0.390 e. The van der Waals surface area contributed by atoms with Crippen LogP contribution in [0.5, 0.6) is 0 Å². The predicted molar refractivity (Wildman–Crippen MR) is 49.0 cm³/mol. The van der Waals surface area contributed by atoms with Crippen LogP contribution in [0.4, 0.5) is 0 Å². The molecule has 72 valence electrons. The molecule has 1 N–H and O–H groups in total. The maximum atomic E-state index is 9.76. The molecule has 0 spiro atoms. The Hall–Kier alpha value is -0.0800. The molecule has 0 aromatic carbocycles. The summed E-state index contributed by atoms with van der Waals surface area (Å²) >= 11 is 0. The van der Waals surface area contributed by atoms with Crippen LogP contribution in [0.25, 0.3) is 0 Å². The molecule has 0 radical (unpaired) electrons. The van der Waals surface area contributed by atoms with Gasteiger partial charge in [0.15, 0.2) is 0 Å². The van der Waals surface area contributed by atoms with Gasteiger partial charge in [0, 0.05) is 0 Å². The molecule has 0 amide bonds. The summed E-state index contributed by atoms with van der Waals surface area (Å²) in [5.74, 6) is 0.405. The Labute approximate surface area is 74.9 Å². The van der Waals surface area contributed by atoms with E-state index < -0.39 is 0 Å². The van der Waals surface area contributed by atoms with E-state index in [1.807, 2.05) is 13.8 Å². The van der Waals surface area contributed by atoms with Crippen molar-refractivity contribution in [3.05, 3.63) is 0 Å². The number of rotatable bonds is 2. The molecule has 0 aromatic rings. The first-order valence-corrected chi connectivity index (χ1v) is 4.94. The van der Waals surface area contributed by atoms with Gasteiger partial charge in [0.25, 0.3) is 0 Å². The topological polar surface area (TPSA) is 29.5 Å². The highest BCUT2D eigenvalue weighted by Gasteiger charge is 2.29. The highest BCUT2D eigenvalue weighted by Crippen LogP contribution is 2.26. The van der Waals surface area contributed by atoms with Crippen molar-refractivity contribution >= 4 is 0 Å². The van der Waals surface area contributed by atoms with E-state index in [9.17, 15) is 5.11 Å². The van der Waals surface area contributed by atoms with Crippen molar-refractivity contribution in [1.82, 2.24) is 0 Å². The zero-order valence-corrected chi connectivity index (χ0v) is 8.29. The minimum absolute atomic E-state index is 0.0775. The summed E-state index contributed by atoms with van der Waals surface area (Å²) in [5, 5.41) is 9.76. The molecule has 1 aliphatic rings. The molecule has 0 saturated heterocycles. The Morgan fingerprint density at radius 3 is 2.58 bits per heavy atom. The molecule has 2 nitrogen and oxygen atoms in total. The molecule has 12 heavy (non-hydrogen) atoms. The van der Waals surface area contributed by atoms with Crippen LogP contribution in [0, 0.1) is 5.92 Å². The van der Waals surface area contributed by atoms with Crippen LogP contribution >= 0.6 is 0 Å². The zero-order valence-electron chi connectivity index (χ0n) is 8.29. The Kier molecular flexibility index (Phi) is 3.53. The Morgan fingerprint density at radius 1 is 1.33 bits per heavy atom. The molecular formula is C10H20O2. The van der Waals surface area contributed by atoms with Crippen molar-refractivity contribution in [3.8, 4) is 0 Å². The Bertz CT molecular complexity index is 134. The maximum absolute atomic E-state index is 9.76. The number of hydrogen-bond donors (Lipinski definition) is 1. The van der Waals surface area contributed by atoms with Gasteiger partial charge in [0.05, 0.1) is 18.3 Å². The fourth-order valence-corrected chi connectivity index (χ4v) is 1.85. The number of aliphatic hydroxyl groups is 1. The molecule has 1 rings (SSSR count). The van der Waals surface area contributed by atoms with Crippen LogP contribution in [0.1, 0.15) is 40.0 Å². The third-order valence-corrected chi connectivity index (χ3v) is 2.56. The van der Waals surface area contributed by atoms with Gasteiger partial charge in [-0.25, -0.2) is 0 Å². The van der Waals surface area contributed by atoms with Gasteiger partial charge in [0.2, 0.25) is 0 Å². The molecule has 1 aliphatic carbocycles. The van der Waals surface area contributed by atoms with Crippen molar-refractivity contribution in [1.29, 1.82) is 0 Å². The van der Waals surface area contributed by atoms with Gasteiger partial charge in [-0.15, -0.1) is 0 Å². The monoisotopic (exact) mass is 172 g/mol. The van der Waals surface area contributed by atoms with Crippen molar-refractivity contribution in [2.24, 2.45) is 5.92 Å². The maximum Gasteiger partial charge on any atom is 0.0840 e. The predicted octanol–water partition coefficient (Wildman–Crippen LogP) is 1.96. The van der Waals surface area contributed by atoms with E-state index in [-0.39, 0.29) is 18.3 Å². The van der Waals surface area contributed by atoms with Crippen molar-refractivity contribution < 1.29 is 9.84 Å². The third kappa shape index (κ3) is 2.46. The molecule has 0 bridgehead atoms. The first-order chi connectivity index (χ1) is 5.61. The molecule has 1 saturated carbocycles. The standard InChI is InChI=1S/C10H20O2/c1-7(2)12-9-6-4-5-8(3)10(9)11/h7-11H,4-6H2,1-3H3/t8-,9-,10+/m1/s1. The fraction of sp³-hybridized carbons (Fsp3) is 1.00. The van der Waals surface area contributed by atoms with E-state index in [4.69, 9.17) is 4.74 Å². The van der Waals surface area contributed by atoms with Gasteiger partial charge in [0.1, 0.15) is 0 Å². The highest BCUT2D eigenvalue weighted by atomic mass is 16.5.